The maximum Gasteiger partial charge on any atom is 0.129 e. The molecule has 1 unspecified atom stereocenters. The number of halogens is 2. The highest BCUT2D eigenvalue weighted by molar-refractivity contribution is 6.35. The molecule has 28 heavy (non-hydrogen) atoms. The van der Waals surface area contributed by atoms with Crippen molar-refractivity contribution in [2.45, 2.75) is 25.5 Å². The van der Waals surface area contributed by atoms with Crippen LogP contribution in [0.3, 0.4) is 0 Å². The van der Waals surface area contributed by atoms with Gasteiger partial charge in [-0.25, -0.2) is 4.68 Å². The predicted molar refractivity (Wildman–Crippen MR) is 112 cm³/mol. The van der Waals surface area contributed by atoms with Crippen molar-refractivity contribution in [2.24, 2.45) is 0 Å². The molecule has 0 aliphatic carbocycles. The van der Waals surface area contributed by atoms with E-state index >= 15 is 0 Å². The van der Waals surface area contributed by atoms with E-state index in [1.807, 2.05) is 47.3 Å². The normalized spacial score (nSPS) is 17.6. The van der Waals surface area contributed by atoms with Gasteiger partial charge in [0.2, 0.25) is 0 Å². The lowest BCUT2D eigenvalue weighted by molar-refractivity contribution is 0.201. The molecule has 0 bridgehead atoms. The summed E-state index contributed by atoms with van der Waals surface area (Å²) in [7, 11) is 2.15. The highest BCUT2D eigenvalue weighted by Gasteiger charge is 2.21. The van der Waals surface area contributed by atoms with Crippen molar-refractivity contribution in [3.63, 3.8) is 0 Å². The van der Waals surface area contributed by atoms with Crippen LogP contribution in [0.2, 0.25) is 10.0 Å². The molecule has 0 spiro atoms. The largest absolute Gasteiger partial charge is 0.488 e. The van der Waals surface area contributed by atoms with Crippen LogP contribution in [0.15, 0.2) is 48.7 Å². The number of hydrogen-bond donors (Lipinski definition) is 0. The number of likely N-dealkylation sites (N-methyl/N-ethyl adjacent to an activating group) is 1. The van der Waals surface area contributed by atoms with Crippen LogP contribution >= 0.6 is 23.2 Å². The minimum atomic E-state index is 0.356. The second kappa shape index (κ2) is 8.52. The lowest BCUT2D eigenvalue weighted by Crippen LogP contribution is -2.33. The number of benzene rings is 2. The molecule has 4 rings (SSSR count). The first-order valence-electron chi connectivity index (χ1n) is 9.36. The van der Waals surface area contributed by atoms with E-state index in [1.165, 1.54) is 6.42 Å². The SMILES string of the molecule is CN1CCCC(n2cc(-c3ccccc3OCc3ccc(Cl)cc3Cl)nn2)C1. The number of aromatic nitrogens is 3. The van der Waals surface area contributed by atoms with Crippen LogP contribution in [0, 0.1) is 0 Å². The molecule has 3 aromatic rings. The van der Waals surface area contributed by atoms with Crippen LogP contribution in [-0.4, -0.2) is 40.0 Å². The Bertz CT molecular complexity index is 959. The zero-order chi connectivity index (χ0) is 19.5. The molecule has 1 saturated heterocycles. The summed E-state index contributed by atoms with van der Waals surface area (Å²) in [5.74, 6) is 0.751. The van der Waals surface area contributed by atoms with Crippen LogP contribution < -0.4 is 4.74 Å². The molecule has 1 aliphatic heterocycles. The standard InChI is InChI=1S/C21H22Cl2N4O/c1-26-10-4-5-17(12-26)27-13-20(24-25-27)18-6-2-3-7-21(18)28-14-15-8-9-16(22)11-19(15)23/h2-3,6-9,11,13,17H,4-5,10,12,14H2,1H3. The van der Waals surface area contributed by atoms with E-state index in [0.29, 0.717) is 22.7 Å². The number of rotatable bonds is 5. The summed E-state index contributed by atoms with van der Waals surface area (Å²) in [4.78, 5) is 2.34. The third-order valence-corrected chi connectivity index (χ3v) is 5.63. The minimum absolute atomic E-state index is 0.356. The van der Waals surface area contributed by atoms with Crippen molar-refractivity contribution in [2.75, 3.05) is 20.1 Å². The molecule has 0 amide bonds. The third-order valence-electron chi connectivity index (χ3n) is 5.05. The number of para-hydroxylation sites is 1. The Hall–Kier alpha value is -2.08. The first-order chi connectivity index (χ1) is 13.6. The Morgan fingerprint density at radius 2 is 2.04 bits per heavy atom. The lowest BCUT2D eigenvalue weighted by atomic mass is 10.1. The van der Waals surface area contributed by atoms with E-state index in [4.69, 9.17) is 27.9 Å². The second-order valence-electron chi connectivity index (χ2n) is 7.16. The quantitative estimate of drug-likeness (QED) is 0.580. The average molecular weight is 417 g/mol. The first-order valence-corrected chi connectivity index (χ1v) is 10.1. The van der Waals surface area contributed by atoms with Crippen molar-refractivity contribution in [1.29, 1.82) is 0 Å². The summed E-state index contributed by atoms with van der Waals surface area (Å²) >= 11 is 12.2. The van der Waals surface area contributed by atoms with E-state index in [0.717, 1.165) is 42.1 Å². The molecule has 7 heteroatoms. The van der Waals surface area contributed by atoms with Crippen molar-refractivity contribution in [3.05, 3.63) is 64.3 Å². The van der Waals surface area contributed by atoms with Gasteiger partial charge in [-0.1, -0.05) is 46.6 Å². The van der Waals surface area contributed by atoms with Gasteiger partial charge in [0.05, 0.1) is 12.2 Å². The molecular formula is C21H22Cl2N4O. The van der Waals surface area contributed by atoms with E-state index in [2.05, 4.69) is 22.3 Å². The fourth-order valence-corrected chi connectivity index (χ4v) is 4.00. The second-order valence-corrected chi connectivity index (χ2v) is 8.01. The van der Waals surface area contributed by atoms with E-state index in [9.17, 15) is 0 Å². The zero-order valence-corrected chi connectivity index (χ0v) is 17.2. The van der Waals surface area contributed by atoms with Crippen LogP contribution in [0.5, 0.6) is 5.75 Å². The molecule has 1 aromatic heterocycles. The Morgan fingerprint density at radius 1 is 1.18 bits per heavy atom. The Morgan fingerprint density at radius 3 is 2.86 bits per heavy atom. The van der Waals surface area contributed by atoms with Gasteiger partial charge in [0.1, 0.15) is 18.1 Å². The van der Waals surface area contributed by atoms with Gasteiger partial charge >= 0.3 is 0 Å². The summed E-state index contributed by atoms with van der Waals surface area (Å²) in [6.45, 7) is 2.49. The fourth-order valence-electron chi connectivity index (χ4n) is 3.53. The highest BCUT2D eigenvalue weighted by Crippen LogP contribution is 2.31. The third kappa shape index (κ3) is 4.32. The van der Waals surface area contributed by atoms with Crippen LogP contribution in [0.1, 0.15) is 24.4 Å². The Kier molecular flexibility index (Phi) is 5.85. The number of piperidine rings is 1. The van der Waals surface area contributed by atoms with Gasteiger partial charge in [0, 0.05) is 27.7 Å². The number of ether oxygens (including phenoxy) is 1. The smallest absolute Gasteiger partial charge is 0.129 e. The van der Waals surface area contributed by atoms with Crippen molar-refractivity contribution in [1.82, 2.24) is 19.9 Å². The van der Waals surface area contributed by atoms with Gasteiger partial charge in [-0.15, -0.1) is 5.10 Å². The molecule has 5 nitrogen and oxygen atoms in total. The molecule has 1 atom stereocenters. The zero-order valence-electron chi connectivity index (χ0n) is 15.7. The van der Waals surface area contributed by atoms with Crippen LogP contribution in [0.25, 0.3) is 11.3 Å². The van der Waals surface area contributed by atoms with Crippen molar-refractivity contribution in [3.8, 4) is 17.0 Å². The minimum Gasteiger partial charge on any atom is -0.488 e. The van der Waals surface area contributed by atoms with Gasteiger partial charge in [-0.3, -0.25) is 0 Å². The maximum atomic E-state index is 6.26. The Labute approximate surface area is 174 Å². The molecule has 146 valence electrons. The molecule has 1 fully saturated rings. The molecule has 2 aromatic carbocycles. The highest BCUT2D eigenvalue weighted by atomic mass is 35.5. The molecule has 0 N–H and O–H groups in total. The molecular weight excluding hydrogens is 395 g/mol. The Balaban J connectivity index is 1.53. The van der Waals surface area contributed by atoms with Gasteiger partial charge < -0.3 is 9.64 Å². The summed E-state index contributed by atoms with van der Waals surface area (Å²) in [5, 5.41) is 9.99. The predicted octanol–water partition coefficient (Wildman–Crippen LogP) is 5.10. The van der Waals surface area contributed by atoms with Gasteiger partial charge in [-0.2, -0.15) is 0 Å². The van der Waals surface area contributed by atoms with Gasteiger partial charge in [0.25, 0.3) is 0 Å². The maximum absolute atomic E-state index is 6.26. The molecule has 1 aliphatic rings. The van der Waals surface area contributed by atoms with Gasteiger partial charge in [0.15, 0.2) is 0 Å². The summed E-state index contributed by atoms with van der Waals surface area (Å²) in [6.07, 6.45) is 4.32. The molecule has 0 saturated carbocycles. The van der Waals surface area contributed by atoms with E-state index < -0.39 is 0 Å². The van der Waals surface area contributed by atoms with Crippen LogP contribution in [-0.2, 0) is 6.61 Å². The van der Waals surface area contributed by atoms with Crippen LogP contribution in [0.4, 0.5) is 0 Å². The number of hydrogen-bond acceptors (Lipinski definition) is 4. The average Bonchev–Trinajstić information content (AvgIpc) is 3.18. The van der Waals surface area contributed by atoms with Crippen molar-refractivity contribution < 1.29 is 4.74 Å². The monoisotopic (exact) mass is 416 g/mol. The number of likely N-dealkylation sites (tertiary alicyclic amines) is 1. The summed E-state index contributed by atoms with van der Waals surface area (Å²) in [6, 6.07) is 13.6. The molecule has 2 heterocycles. The van der Waals surface area contributed by atoms with Crippen molar-refractivity contribution >= 4 is 23.2 Å². The topological polar surface area (TPSA) is 43.2 Å². The summed E-state index contributed by atoms with van der Waals surface area (Å²) < 4.78 is 8.04. The van der Waals surface area contributed by atoms with Gasteiger partial charge in [-0.05, 0) is 50.7 Å². The van der Waals surface area contributed by atoms with E-state index in [1.54, 1.807) is 6.07 Å². The van der Waals surface area contributed by atoms with E-state index in [-0.39, 0.29) is 0 Å². The lowest BCUT2D eigenvalue weighted by Gasteiger charge is -2.29. The first kappa shape index (κ1) is 19.2. The fraction of sp³-hybridized carbons (Fsp3) is 0.333. The summed E-state index contributed by atoms with van der Waals surface area (Å²) in [5.41, 5.74) is 2.61. The molecule has 0 radical (unpaired) electrons. The number of nitrogens with zero attached hydrogens (tertiary/aromatic N) is 4.